The minimum atomic E-state index is -0.678. The first-order chi connectivity index (χ1) is 14.7. The van der Waals surface area contributed by atoms with Crippen molar-refractivity contribution in [3.05, 3.63) is 0 Å². The van der Waals surface area contributed by atoms with Crippen molar-refractivity contribution in [2.24, 2.45) is 58.2 Å². The maximum atomic E-state index is 9.72. The van der Waals surface area contributed by atoms with E-state index in [9.17, 15) is 5.11 Å². The molecule has 0 aromatic rings. The van der Waals surface area contributed by atoms with Crippen molar-refractivity contribution in [3.8, 4) is 0 Å². The number of halogens is 1. The van der Waals surface area contributed by atoms with Crippen LogP contribution in [0.15, 0.2) is 0 Å². The summed E-state index contributed by atoms with van der Waals surface area (Å²) in [6, 6.07) is 0. The molecule has 31 heavy (non-hydrogen) atoms. The Kier molecular flexibility index (Phi) is 7.45. The standard InChI is InChI=1S/C29H51ClO/c1-19(2)21(18-27(30)31)10-9-20(3)24-13-14-25-23-12-11-22-8-6-7-16-28(22,4)26(23)15-17-29(24,25)5/h19-27,31H,6-18H2,1-5H3/t20-,21+,22?,23+,24-,25+,26+,27?,28+,29-/m1/s1. The van der Waals surface area contributed by atoms with E-state index in [-0.39, 0.29) is 0 Å². The molecule has 180 valence electrons. The molecule has 0 aromatic heterocycles. The molecule has 0 heterocycles. The van der Waals surface area contributed by atoms with E-state index in [4.69, 9.17) is 11.6 Å². The number of hydrogen-bond acceptors (Lipinski definition) is 1. The molecule has 4 aliphatic carbocycles. The molecule has 0 bridgehead atoms. The largest absolute Gasteiger partial charge is 0.378 e. The molecular weight excluding hydrogens is 400 g/mol. The summed E-state index contributed by atoms with van der Waals surface area (Å²) >= 11 is 5.95. The Bertz CT molecular complexity index is 602. The summed E-state index contributed by atoms with van der Waals surface area (Å²) < 4.78 is 0. The predicted molar refractivity (Wildman–Crippen MR) is 133 cm³/mol. The minimum absolute atomic E-state index is 0.553. The van der Waals surface area contributed by atoms with Crippen LogP contribution in [0.4, 0.5) is 0 Å². The van der Waals surface area contributed by atoms with Crippen LogP contribution < -0.4 is 0 Å². The van der Waals surface area contributed by atoms with Gasteiger partial charge in [0.15, 0.2) is 0 Å². The highest BCUT2D eigenvalue weighted by atomic mass is 35.5. The SMILES string of the molecule is CC(C)[C@@H](CC[C@@H](C)[C@H]1CC[C@H]2[C@@H]3CCC4CCCC[C@]4(C)[C@H]3CC[C@]12C)CC(O)Cl. The molecule has 4 fully saturated rings. The van der Waals surface area contributed by atoms with Crippen molar-refractivity contribution < 1.29 is 5.11 Å². The molecule has 4 aliphatic rings. The zero-order valence-corrected chi connectivity index (χ0v) is 22.0. The van der Waals surface area contributed by atoms with Gasteiger partial charge in [-0.05, 0) is 122 Å². The molecular formula is C29H51ClO. The van der Waals surface area contributed by atoms with E-state index in [1.807, 2.05) is 0 Å². The van der Waals surface area contributed by atoms with Crippen molar-refractivity contribution in [2.75, 3.05) is 0 Å². The Labute approximate surface area is 198 Å². The molecule has 2 unspecified atom stereocenters. The van der Waals surface area contributed by atoms with Crippen LogP contribution >= 0.6 is 11.6 Å². The lowest BCUT2D eigenvalue weighted by atomic mass is 9.44. The first-order valence-corrected chi connectivity index (χ1v) is 14.4. The van der Waals surface area contributed by atoms with Gasteiger partial charge in [-0.3, -0.25) is 0 Å². The van der Waals surface area contributed by atoms with Gasteiger partial charge in [-0.15, -0.1) is 0 Å². The van der Waals surface area contributed by atoms with E-state index in [1.54, 1.807) is 0 Å². The molecule has 0 spiro atoms. The van der Waals surface area contributed by atoms with Crippen LogP contribution in [0, 0.1) is 58.2 Å². The van der Waals surface area contributed by atoms with Crippen LogP contribution in [-0.4, -0.2) is 10.7 Å². The van der Waals surface area contributed by atoms with Gasteiger partial charge in [0.25, 0.3) is 0 Å². The van der Waals surface area contributed by atoms with E-state index < -0.39 is 5.56 Å². The van der Waals surface area contributed by atoms with E-state index in [1.165, 1.54) is 77.0 Å². The van der Waals surface area contributed by atoms with Crippen LogP contribution in [0.2, 0.25) is 0 Å². The van der Waals surface area contributed by atoms with Gasteiger partial charge >= 0.3 is 0 Å². The van der Waals surface area contributed by atoms with Crippen molar-refractivity contribution in [3.63, 3.8) is 0 Å². The average Bonchev–Trinajstić information content (AvgIpc) is 3.07. The van der Waals surface area contributed by atoms with Gasteiger partial charge in [0.05, 0.1) is 0 Å². The topological polar surface area (TPSA) is 20.2 Å². The fourth-order valence-electron chi connectivity index (χ4n) is 9.92. The normalized spacial score (nSPS) is 45.5. The van der Waals surface area contributed by atoms with E-state index >= 15 is 0 Å². The van der Waals surface area contributed by atoms with Crippen molar-refractivity contribution in [2.45, 2.75) is 124 Å². The van der Waals surface area contributed by atoms with Gasteiger partial charge in [0.1, 0.15) is 5.56 Å². The van der Waals surface area contributed by atoms with Gasteiger partial charge < -0.3 is 5.11 Å². The van der Waals surface area contributed by atoms with E-state index in [0.717, 1.165) is 41.9 Å². The summed E-state index contributed by atoms with van der Waals surface area (Å²) in [5.41, 5.74) is 0.569. The first kappa shape index (κ1) is 24.4. The monoisotopic (exact) mass is 450 g/mol. The highest BCUT2D eigenvalue weighted by Crippen LogP contribution is 2.68. The lowest BCUT2D eigenvalue weighted by molar-refractivity contribution is -0.114. The zero-order chi connectivity index (χ0) is 22.4. The Balaban J connectivity index is 1.42. The number of fused-ring (bicyclic) bond motifs is 5. The maximum Gasteiger partial charge on any atom is 0.128 e. The number of hydrogen-bond donors (Lipinski definition) is 1. The average molecular weight is 451 g/mol. The highest BCUT2D eigenvalue weighted by Gasteiger charge is 2.60. The van der Waals surface area contributed by atoms with E-state index in [2.05, 4.69) is 34.6 Å². The van der Waals surface area contributed by atoms with Crippen LogP contribution in [0.25, 0.3) is 0 Å². The first-order valence-electron chi connectivity index (χ1n) is 14.0. The molecule has 0 aromatic carbocycles. The fourth-order valence-corrected chi connectivity index (χ4v) is 10.2. The quantitative estimate of drug-likeness (QED) is 0.384. The second-order valence-electron chi connectivity index (χ2n) is 13.4. The third-order valence-electron chi connectivity index (χ3n) is 11.8. The van der Waals surface area contributed by atoms with Crippen molar-refractivity contribution in [1.82, 2.24) is 0 Å². The number of rotatable bonds is 7. The second-order valence-corrected chi connectivity index (χ2v) is 13.9. The molecule has 2 heteroatoms. The minimum Gasteiger partial charge on any atom is -0.378 e. The fraction of sp³-hybridized carbons (Fsp3) is 1.00. The summed E-state index contributed by atoms with van der Waals surface area (Å²) in [5.74, 6) is 6.94. The number of aliphatic hydroxyl groups excluding tert-OH is 1. The van der Waals surface area contributed by atoms with E-state index in [0.29, 0.717) is 22.7 Å². The van der Waals surface area contributed by atoms with Gasteiger partial charge in [0.2, 0.25) is 0 Å². The van der Waals surface area contributed by atoms with Gasteiger partial charge in [-0.25, -0.2) is 0 Å². The number of alkyl halides is 1. The van der Waals surface area contributed by atoms with Crippen LogP contribution in [0.5, 0.6) is 0 Å². The summed E-state index contributed by atoms with van der Waals surface area (Å²) in [6.45, 7) is 12.6. The summed E-state index contributed by atoms with van der Waals surface area (Å²) in [7, 11) is 0. The van der Waals surface area contributed by atoms with Crippen LogP contribution in [0.1, 0.15) is 118 Å². The summed E-state index contributed by atoms with van der Waals surface area (Å²) in [6.07, 6.45) is 18.4. The lowest BCUT2D eigenvalue weighted by Gasteiger charge is -2.61. The second kappa shape index (κ2) is 9.48. The predicted octanol–water partition coefficient (Wildman–Crippen LogP) is 8.67. The third-order valence-corrected chi connectivity index (χ3v) is 12.0. The Morgan fingerprint density at radius 3 is 2.29 bits per heavy atom. The van der Waals surface area contributed by atoms with Crippen LogP contribution in [-0.2, 0) is 0 Å². The molecule has 1 nitrogen and oxygen atoms in total. The molecule has 10 atom stereocenters. The number of aliphatic hydroxyl groups is 1. The Morgan fingerprint density at radius 2 is 1.58 bits per heavy atom. The Morgan fingerprint density at radius 1 is 0.839 bits per heavy atom. The molecule has 4 saturated carbocycles. The molecule has 4 rings (SSSR count). The maximum absolute atomic E-state index is 9.72. The van der Waals surface area contributed by atoms with Crippen molar-refractivity contribution >= 4 is 11.6 Å². The molecule has 0 amide bonds. The van der Waals surface area contributed by atoms with Gasteiger partial charge in [-0.2, -0.15) is 0 Å². The van der Waals surface area contributed by atoms with Crippen molar-refractivity contribution in [1.29, 1.82) is 0 Å². The molecule has 1 N–H and O–H groups in total. The summed E-state index contributed by atoms with van der Waals surface area (Å²) in [5, 5.41) is 9.72. The molecule has 0 aliphatic heterocycles. The van der Waals surface area contributed by atoms with Gasteiger partial charge in [-0.1, -0.05) is 65.5 Å². The molecule has 0 radical (unpaired) electrons. The zero-order valence-electron chi connectivity index (χ0n) is 21.2. The van der Waals surface area contributed by atoms with Crippen LogP contribution in [0.3, 0.4) is 0 Å². The Hall–Kier alpha value is 0.250. The summed E-state index contributed by atoms with van der Waals surface area (Å²) in [4.78, 5) is 0. The highest BCUT2D eigenvalue weighted by molar-refractivity contribution is 6.19. The molecule has 0 saturated heterocycles. The third kappa shape index (κ3) is 4.50. The lowest BCUT2D eigenvalue weighted by Crippen LogP contribution is -2.53. The smallest absolute Gasteiger partial charge is 0.128 e. The van der Waals surface area contributed by atoms with Gasteiger partial charge in [0, 0.05) is 0 Å².